The molecule has 2 aromatic carbocycles. The van der Waals surface area contributed by atoms with Crippen LogP contribution >= 0.6 is 0 Å². The number of para-hydroxylation sites is 1. The minimum atomic E-state index is -0.269. The fraction of sp³-hybridized carbons (Fsp3) is 0.364. The average molecular weight is 383 g/mol. The van der Waals surface area contributed by atoms with E-state index in [0.29, 0.717) is 12.6 Å². The van der Waals surface area contributed by atoms with Gasteiger partial charge in [-0.1, -0.05) is 30.3 Å². The van der Waals surface area contributed by atoms with Crippen LogP contribution in [0.25, 0.3) is 0 Å². The molecule has 0 atom stereocenters. The third kappa shape index (κ3) is 5.63. The largest absolute Gasteiger partial charge is 0.346 e. The van der Waals surface area contributed by atoms with E-state index in [1.807, 2.05) is 32.0 Å². The summed E-state index contributed by atoms with van der Waals surface area (Å²) in [5.74, 6) is -0.706. The number of rotatable bonds is 8. The van der Waals surface area contributed by atoms with Crippen LogP contribution in [-0.2, 0) is 16.1 Å². The zero-order valence-electron chi connectivity index (χ0n) is 16.3. The first-order valence-electron chi connectivity index (χ1n) is 9.53. The molecule has 0 aliphatic heterocycles. The van der Waals surface area contributed by atoms with Crippen LogP contribution in [0.2, 0.25) is 0 Å². The first-order chi connectivity index (χ1) is 13.4. The van der Waals surface area contributed by atoms with E-state index >= 15 is 0 Å². The Morgan fingerprint density at radius 1 is 1.04 bits per heavy atom. The van der Waals surface area contributed by atoms with Crippen LogP contribution in [0.4, 0.5) is 10.1 Å². The van der Waals surface area contributed by atoms with Crippen molar-refractivity contribution in [3.63, 3.8) is 0 Å². The molecule has 0 radical (unpaired) electrons. The van der Waals surface area contributed by atoms with Crippen LogP contribution < -0.4 is 10.6 Å². The lowest BCUT2D eigenvalue weighted by Gasteiger charge is -2.21. The quantitative estimate of drug-likeness (QED) is 0.736. The lowest BCUT2D eigenvalue weighted by molar-refractivity contribution is -0.125. The van der Waals surface area contributed by atoms with Crippen molar-refractivity contribution < 1.29 is 14.0 Å². The Bertz CT molecular complexity index is 827. The van der Waals surface area contributed by atoms with Gasteiger partial charge in [0.05, 0.1) is 13.1 Å². The van der Waals surface area contributed by atoms with Crippen molar-refractivity contribution in [3.8, 4) is 0 Å². The van der Waals surface area contributed by atoms with Crippen LogP contribution in [0, 0.1) is 19.7 Å². The number of carbonyl (C=O) groups is 2. The molecule has 1 aliphatic rings. The standard InChI is InChI=1S/C22H26FN3O2/c1-15-4-3-5-16(2)22(15)25-20(27)12-24-21(28)14-26(19-10-11-19)13-17-6-8-18(23)9-7-17/h3-9,19H,10-14H2,1-2H3,(H,24,28)(H,25,27). The Morgan fingerprint density at radius 2 is 1.68 bits per heavy atom. The Kier molecular flexibility index (Phi) is 6.41. The van der Waals surface area contributed by atoms with Crippen molar-refractivity contribution >= 4 is 17.5 Å². The van der Waals surface area contributed by atoms with Crippen LogP contribution in [0.5, 0.6) is 0 Å². The molecule has 2 N–H and O–H groups in total. The van der Waals surface area contributed by atoms with Gasteiger partial charge in [0.2, 0.25) is 11.8 Å². The molecule has 6 heteroatoms. The van der Waals surface area contributed by atoms with Gasteiger partial charge in [-0.3, -0.25) is 14.5 Å². The maximum absolute atomic E-state index is 13.1. The monoisotopic (exact) mass is 383 g/mol. The van der Waals surface area contributed by atoms with Gasteiger partial charge in [-0.15, -0.1) is 0 Å². The molecule has 0 saturated heterocycles. The summed E-state index contributed by atoms with van der Waals surface area (Å²) in [5.41, 5.74) is 3.73. The number of nitrogens with one attached hydrogen (secondary N) is 2. The minimum absolute atomic E-state index is 0.0678. The highest BCUT2D eigenvalue weighted by Gasteiger charge is 2.30. The summed E-state index contributed by atoms with van der Waals surface area (Å²) < 4.78 is 13.1. The summed E-state index contributed by atoms with van der Waals surface area (Å²) in [6.07, 6.45) is 2.11. The second kappa shape index (κ2) is 8.97. The lowest BCUT2D eigenvalue weighted by atomic mass is 10.1. The number of amides is 2. The number of carbonyl (C=O) groups excluding carboxylic acids is 2. The first-order valence-corrected chi connectivity index (χ1v) is 9.53. The molecule has 2 aromatic rings. The summed E-state index contributed by atoms with van der Waals surface area (Å²) in [7, 11) is 0. The van der Waals surface area contributed by atoms with Crippen molar-refractivity contribution in [3.05, 3.63) is 65.0 Å². The maximum atomic E-state index is 13.1. The van der Waals surface area contributed by atoms with Gasteiger partial charge in [0.15, 0.2) is 0 Å². The maximum Gasteiger partial charge on any atom is 0.243 e. The predicted octanol–water partition coefficient (Wildman–Crippen LogP) is 3.16. The third-order valence-corrected chi connectivity index (χ3v) is 4.90. The molecule has 0 heterocycles. The minimum Gasteiger partial charge on any atom is -0.346 e. The summed E-state index contributed by atoms with van der Waals surface area (Å²) in [6, 6.07) is 12.5. The van der Waals surface area contributed by atoms with E-state index in [9.17, 15) is 14.0 Å². The summed E-state index contributed by atoms with van der Waals surface area (Å²) in [4.78, 5) is 26.6. The molecule has 5 nitrogen and oxygen atoms in total. The average Bonchev–Trinajstić information content (AvgIpc) is 3.50. The number of aryl methyl sites for hydroxylation is 2. The Morgan fingerprint density at radius 3 is 2.29 bits per heavy atom. The third-order valence-electron chi connectivity index (χ3n) is 4.90. The fourth-order valence-corrected chi connectivity index (χ4v) is 3.19. The van der Waals surface area contributed by atoms with Crippen molar-refractivity contribution in [1.29, 1.82) is 0 Å². The SMILES string of the molecule is Cc1cccc(C)c1NC(=O)CNC(=O)CN(Cc1ccc(F)cc1)C1CC1. The van der Waals surface area contributed by atoms with Gasteiger partial charge in [-0.05, 0) is 55.5 Å². The van der Waals surface area contributed by atoms with E-state index in [4.69, 9.17) is 0 Å². The molecule has 2 amide bonds. The van der Waals surface area contributed by atoms with Crippen LogP contribution in [0.1, 0.15) is 29.5 Å². The summed E-state index contributed by atoms with van der Waals surface area (Å²) in [6.45, 7) is 4.61. The molecule has 1 fully saturated rings. The van der Waals surface area contributed by atoms with E-state index in [1.54, 1.807) is 12.1 Å². The van der Waals surface area contributed by atoms with E-state index in [0.717, 1.165) is 35.2 Å². The molecule has 148 valence electrons. The molecular weight excluding hydrogens is 357 g/mol. The molecule has 28 heavy (non-hydrogen) atoms. The molecule has 0 aromatic heterocycles. The lowest BCUT2D eigenvalue weighted by Crippen LogP contribution is -2.41. The molecular formula is C22H26FN3O2. The van der Waals surface area contributed by atoms with E-state index in [2.05, 4.69) is 15.5 Å². The topological polar surface area (TPSA) is 61.4 Å². The second-order valence-corrected chi connectivity index (χ2v) is 7.35. The van der Waals surface area contributed by atoms with E-state index < -0.39 is 0 Å². The van der Waals surface area contributed by atoms with Gasteiger partial charge in [-0.2, -0.15) is 0 Å². The van der Waals surface area contributed by atoms with Gasteiger partial charge >= 0.3 is 0 Å². The van der Waals surface area contributed by atoms with Crippen LogP contribution in [-0.4, -0.2) is 35.8 Å². The molecule has 1 saturated carbocycles. The van der Waals surface area contributed by atoms with Gasteiger partial charge in [0, 0.05) is 18.3 Å². The van der Waals surface area contributed by atoms with E-state index in [-0.39, 0.29) is 30.7 Å². The number of hydrogen-bond acceptors (Lipinski definition) is 3. The van der Waals surface area contributed by atoms with Gasteiger partial charge in [-0.25, -0.2) is 4.39 Å². The van der Waals surface area contributed by atoms with Crippen LogP contribution in [0.3, 0.4) is 0 Å². The van der Waals surface area contributed by atoms with Gasteiger partial charge in [0.1, 0.15) is 5.82 Å². The predicted molar refractivity (Wildman–Crippen MR) is 107 cm³/mol. The number of benzene rings is 2. The highest BCUT2D eigenvalue weighted by Crippen LogP contribution is 2.28. The Hall–Kier alpha value is -2.73. The first kappa shape index (κ1) is 20.0. The number of hydrogen-bond donors (Lipinski definition) is 2. The number of halogens is 1. The molecule has 1 aliphatic carbocycles. The Balaban J connectivity index is 1.49. The molecule has 0 bridgehead atoms. The fourth-order valence-electron chi connectivity index (χ4n) is 3.19. The second-order valence-electron chi connectivity index (χ2n) is 7.35. The normalized spacial score (nSPS) is 13.4. The van der Waals surface area contributed by atoms with Gasteiger partial charge < -0.3 is 10.6 Å². The summed E-state index contributed by atoms with van der Waals surface area (Å²) >= 11 is 0. The van der Waals surface area contributed by atoms with Crippen molar-refractivity contribution in [2.24, 2.45) is 0 Å². The Labute approximate surface area is 164 Å². The van der Waals surface area contributed by atoms with Crippen molar-refractivity contribution in [2.75, 3.05) is 18.4 Å². The number of anilines is 1. The smallest absolute Gasteiger partial charge is 0.243 e. The highest BCUT2D eigenvalue weighted by atomic mass is 19.1. The van der Waals surface area contributed by atoms with Crippen molar-refractivity contribution in [2.45, 2.75) is 39.3 Å². The highest BCUT2D eigenvalue weighted by molar-refractivity contribution is 5.95. The van der Waals surface area contributed by atoms with Crippen LogP contribution in [0.15, 0.2) is 42.5 Å². The number of nitrogens with zero attached hydrogens (tertiary/aromatic N) is 1. The molecule has 3 rings (SSSR count). The molecule has 0 unspecified atom stereocenters. The van der Waals surface area contributed by atoms with Crippen molar-refractivity contribution in [1.82, 2.24) is 10.2 Å². The molecule has 0 spiro atoms. The zero-order chi connectivity index (χ0) is 20.1. The van der Waals surface area contributed by atoms with Gasteiger partial charge in [0.25, 0.3) is 0 Å². The van der Waals surface area contributed by atoms with E-state index in [1.165, 1.54) is 12.1 Å². The summed E-state index contributed by atoms with van der Waals surface area (Å²) in [5, 5.41) is 5.56. The zero-order valence-corrected chi connectivity index (χ0v) is 16.3.